The average molecular weight is 432 g/mol. The lowest BCUT2D eigenvalue weighted by Crippen LogP contribution is -2.71. The van der Waals surface area contributed by atoms with Crippen LogP contribution in [0.15, 0.2) is 24.3 Å². The molecule has 0 aromatic heterocycles. The van der Waals surface area contributed by atoms with Crippen molar-refractivity contribution < 1.29 is 33.3 Å². The molecule has 0 radical (unpaired) electrons. The Morgan fingerprint density at radius 3 is 2.26 bits per heavy atom. The fourth-order valence-corrected chi connectivity index (χ4v) is 5.05. The molecule has 4 heterocycles. The Labute approximate surface area is 181 Å². The maximum absolute atomic E-state index is 13.1. The van der Waals surface area contributed by atoms with Crippen molar-refractivity contribution in [3.63, 3.8) is 0 Å². The minimum Gasteiger partial charge on any atom is -0.497 e. The number of hydrogen-bond donors (Lipinski definition) is 0. The molecule has 4 fully saturated rings. The average Bonchev–Trinajstić information content (AvgIpc) is 3.16. The first-order chi connectivity index (χ1) is 14.6. The van der Waals surface area contributed by atoms with E-state index in [1.807, 2.05) is 52.0 Å². The first-order valence-corrected chi connectivity index (χ1v) is 10.5. The van der Waals surface area contributed by atoms with Crippen LogP contribution in [0, 0.1) is 0 Å². The van der Waals surface area contributed by atoms with Crippen LogP contribution in [0.25, 0.3) is 0 Å². The maximum Gasteiger partial charge on any atom is 0.314 e. The molecule has 1 aromatic rings. The normalized spacial score (nSPS) is 35.6. The van der Waals surface area contributed by atoms with Crippen molar-refractivity contribution >= 4 is 11.8 Å². The van der Waals surface area contributed by atoms with Crippen LogP contribution in [0.4, 0.5) is 0 Å². The summed E-state index contributed by atoms with van der Waals surface area (Å²) in [6.07, 6.45) is -2.01. The zero-order chi connectivity index (χ0) is 22.1. The summed E-state index contributed by atoms with van der Waals surface area (Å²) < 4.78 is 29.7. The molecule has 31 heavy (non-hydrogen) atoms. The largest absolute Gasteiger partial charge is 0.497 e. The fraction of sp³-hybridized carbons (Fsp3) is 0.636. The van der Waals surface area contributed by atoms with Gasteiger partial charge in [0.15, 0.2) is 11.6 Å². The van der Waals surface area contributed by atoms with E-state index in [0.29, 0.717) is 0 Å². The SMILES string of the molecule is COc1ccc(CN2C(=O)C(=O)N3[C@@H]4COC(C)(C)O[C@H]4[C@@H]4OC(C)(C)O[C@@H]4[C@@H]23)cc1. The van der Waals surface area contributed by atoms with Gasteiger partial charge in [0, 0.05) is 6.54 Å². The molecular weight excluding hydrogens is 404 g/mol. The number of amides is 2. The van der Waals surface area contributed by atoms with Gasteiger partial charge in [-0.15, -0.1) is 0 Å². The summed E-state index contributed by atoms with van der Waals surface area (Å²) >= 11 is 0. The van der Waals surface area contributed by atoms with Crippen LogP contribution < -0.4 is 4.74 Å². The van der Waals surface area contributed by atoms with E-state index >= 15 is 0 Å². The van der Waals surface area contributed by atoms with E-state index in [2.05, 4.69) is 0 Å². The maximum atomic E-state index is 13.1. The van der Waals surface area contributed by atoms with E-state index in [1.165, 1.54) is 0 Å². The van der Waals surface area contributed by atoms with Crippen LogP contribution in [-0.2, 0) is 35.1 Å². The summed E-state index contributed by atoms with van der Waals surface area (Å²) in [5.74, 6) is -2.07. The monoisotopic (exact) mass is 432 g/mol. The predicted molar refractivity (Wildman–Crippen MR) is 107 cm³/mol. The zero-order valence-electron chi connectivity index (χ0n) is 18.4. The molecular formula is C22H28N2O7. The van der Waals surface area contributed by atoms with Crippen molar-refractivity contribution in [3.8, 4) is 5.75 Å². The van der Waals surface area contributed by atoms with Crippen LogP contribution in [0.2, 0.25) is 0 Å². The van der Waals surface area contributed by atoms with Gasteiger partial charge in [-0.25, -0.2) is 0 Å². The van der Waals surface area contributed by atoms with Gasteiger partial charge in [0.05, 0.1) is 19.8 Å². The minimum absolute atomic E-state index is 0.260. The van der Waals surface area contributed by atoms with Gasteiger partial charge in [-0.3, -0.25) is 9.59 Å². The van der Waals surface area contributed by atoms with E-state index < -0.39 is 53.9 Å². The lowest BCUT2D eigenvalue weighted by Gasteiger charge is -2.52. The van der Waals surface area contributed by atoms with Gasteiger partial charge >= 0.3 is 11.8 Å². The number of methoxy groups -OCH3 is 1. The predicted octanol–water partition coefficient (Wildman–Crippen LogP) is 1.25. The Balaban J connectivity index is 1.51. The highest BCUT2D eigenvalue weighted by Crippen LogP contribution is 2.46. The van der Waals surface area contributed by atoms with Gasteiger partial charge in [0.1, 0.15) is 30.2 Å². The van der Waals surface area contributed by atoms with E-state index in [1.54, 1.807) is 16.9 Å². The second kappa shape index (κ2) is 6.90. The molecule has 5 atom stereocenters. The van der Waals surface area contributed by atoms with Crippen LogP contribution in [0.1, 0.15) is 33.3 Å². The molecule has 168 valence electrons. The third-order valence-electron chi connectivity index (χ3n) is 6.33. The number of fused-ring (bicyclic) bond motifs is 6. The van der Waals surface area contributed by atoms with Crippen molar-refractivity contribution in [3.05, 3.63) is 29.8 Å². The number of carbonyl (C=O) groups is 2. The smallest absolute Gasteiger partial charge is 0.314 e. The number of hydrogen-bond acceptors (Lipinski definition) is 7. The number of piperidine rings is 1. The Morgan fingerprint density at radius 2 is 1.58 bits per heavy atom. The number of ether oxygens (including phenoxy) is 5. The third kappa shape index (κ3) is 3.31. The molecule has 0 bridgehead atoms. The Kier molecular flexibility index (Phi) is 4.60. The standard InChI is InChI=1S/C22H28N2O7/c1-21(2)28-11-14-15(29-21)16-17(31-22(3,4)30-16)18-23(19(25)20(26)24(14)18)10-12-6-8-13(27-5)9-7-12/h6-9,14-18H,10-11H2,1-5H3/t14-,15-,16+,17+,18+/m1/s1. The van der Waals surface area contributed by atoms with Crippen molar-refractivity contribution in [1.29, 1.82) is 0 Å². The van der Waals surface area contributed by atoms with E-state index in [-0.39, 0.29) is 13.2 Å². The van der Waals surface area contributed by atoms with Gasteiger partial charge < -0.3 is 33.5 Å². The van der Waals surface area contributed by atoms with E-state index in [9.17, 15) is 9.59 Å². The van der Waals surface area contributed by atoms with Crippen LogP contribution >= 0.6 is 0 Å². The molecule has 0 aliphatic carbocycles. The molecule has 4 aliphatic rings. The van der Waals surface area contributed by atoms with Gasteiger partial charge in [0.25, 0.3) is 0 Å². The number of rotatable bonds is 3. The summed E-state index contributed by atoms with van der Waals surface area (Å²) in [5.41, 5.74) is 0.887. The minimum atomic E-state index is -0.859. The number of benzene rings is 1. The van der Waals surface area contributed by atoms with Crippen molar-refractivity contribution in [2.45, 2.75) is 76.3 Å². The Morgan fingerprint density at radius 1 is 0.935 bits per heavy atom. The van der Waals surface area contributed by atoms with E-state index in [0.717, 1.165) is 11.3 Å². The number of nitrogens with zero attached hydrogens (tertiary/aromatic N) is 2. The molecule has 1 aromatic carbocycles. The fourth-order valence-electron chi connectivity index (χ4n) is 5.05. The number of carbonyl (C=O) groups excluding carboxylic acids is 2. The molecule has 0 saturated carbocycles. The topological polar surface area (TPSA) is 86.8 Å². The molecule has 4 aliphatic heterocycles. The van der Waals surface area contributed by atoms with Crippen molar-refractivity contribution in [2.75, 3.05) is 13.7 Å². The summed E-state index contributed by atoms with van der Waals surface area (Å²) in [5, 5.41) is 0. The first-order valence-electron chi connectivity index (χ1n) is 10.5. The quantitative estimate of drug-likeness (QED) is 0.665. The summed E-state index contributed by atoms with van der Waals surface area (Å²) in [6.45, 7) is 7.86. The molecule has 2 amide bonds. The van der Waals surface area contributed by atoms with Crippen LogP contribution in [0.3, 0.4) is 0 Å². The van der Waals surface area contributed by atoms with Gasteiger partial charge in [0.2, 0.25) is 0 Å². The Bertz CT molecular complexity index is 900. The highest BCUT2D eigenvalue weighted by atomic mass is 16.8. The zero-order valence-corrected chi connectivity index (χ0v) is 18.4. The van der Waals surface area contributed by atoms with Gasteiger partial charge in [-0.05, 0) is 45.4 Å². The van der Waals surface area contributed by atoms with E-state index in [4.69, 9.17) is 23.7 Å². The second-order valence-electron chi connectivity index (χ2n) is 9.33. The molecule has 0 N–H and O–H groups in total. The van der Waals surface area contributed by atoms with Gasteiger partial charge in [-0.1, -0.05) is 12.1 Å². The Hall–Kier alpha value is -2.20. The highest BCUT2D eigenvalue weighted by Gasteiger charge is 2.66. The van der Waals surface area contributed by atoms with Crippen molar-refractivity contribution in [1.82, 2.24) is 9.80 Å². The first kappa shape index (κ1) is 20.7. The summed E-state index contributed by atoms with van der Waals surface area (Å²) in [4.78, 5) is 29.3. The van der Waals surface area contributed by atoms with Gasteiger partial charge in [-0.2, -0.15) is 0 Å². The molecule has 5 rings (SSSR count). The third-order valence-corrected chi connectivity index (χ3v) is 6.33. The molecule has 0 spiro atoms. The summed E-state index contributed by atoms with van der Waals surface area (Å²) in [7, 11) is 1.60. The molecule has 0 unspecified atom stereocenters. The van der Waals surface area contributed by atoms with Crippen LogP contribution in [0.5, 0.6) is 5.75 Å². The van der Waals surface area contributed by atoms with Crippen LogP contribution in [-0.4, -0.2) is 77.4 Å². The lowest BCUT2D eigenvalue weighted by molar-refractivity contribution is -0.323. The molecule has 4 saturated heterocycles. The highest BCUT2D eigenvalue weighted by molar-refractivity contribution is 6.37. The van der Waals surface area contributed by atoms with Crippen molar-refractivity contribution in [2.24, 2.45) is 0 Å². The molecule has 9 heteroatoms. The summed E-state index contributed by atoms with van der Waals surface area (Å²) in [6, 6.07) is 6.99. The molecule has 9 nitrogen and oxygen atoms in total. The lowest BCUT2D eigenvalue weighted by atomic mass is 9.90. The second-order valence-corrected chi connectivity index (χ2v) is 9.33.